The number of aromatic nitrogens is 3. The molecule has 0 saturated carbocycles. The Hall–Kier alpha value is -1.33. The van der Waals surface area contributed by atoms with Gasteiger partial charge in [-0.05, 0) is 25.6 Å². The first-order valence-electron chi connectivity index (χ1n) is 5.75. The number of hydrogen-bond donors (Lipinski definition) is 1. The van der Waals surface area contributed by atoms with Crippen LogP contribution in [0.2, 0.25) is 0 Å². The van der Waals surface area contributed by atoms with E-state index in [1.54, 1.807) is 11.3 Å². The Bertz CT molecular complexity index is 481. The summed E-state index contributed by atoms with van der Waals surface area (Å²) in [5.41, 5.74) is 2.11. The lowest BCUT2D eigenvalue weighted by atomic mass is 10.2. The number of likely N-dealkylation sites (N-methyl/N-ethyl adjacent to an activating group) is 1. The molecule has 2 aromatic heterocycles. The summed E-state index contributed by atoms with van der Waals surface area (Å²) in [6, 6.07) is 4.01. The third-order valence-electron chi connectivity index (χ3n) is 2.38. The van der Waals surface area contributed by atoms with Crippen molar-refractivity contribution in [1.29, 1.82) is 0 Å². The SMILES string of the molecule is CCNCCc1nnc(-c2ccnc(C)c2)s1. The highest BCUT2D eigenvalue weighted by atomic mass is 32.1. The first-order chi connectivity index (χ1) is 8.29. The lowest BCUT2D eigenvalue weighted by molar-refractivity contribution is 0.710. The van der Waals surface area contributed by atoms with Gasteiger partial charge in [0.05, 0.1) is 0 Å². The molecular formula is C12H16N4S. The quantitative estimate of drug-likeness (QED) is 0.823. The molecule has 4 nitrogen and oxygen atoms in total. The molecule has 90 valence electrons. The van der Waals surface area contributed by atoms with Crippen molar-refractivity contribution in [3.63, 3.8) is 0 Å². The van der Waals surface area contributed by atoms with Crippen LogP contribution in [0.4, 0.5) is 0 Å². The van der Waals surface area contributed by atoms with E-state index in [0.717, 1.165) is 40.8 Å². The van der Waals surface area contributed by atoms with Crippen LogP contribution in [-0.2, 0) is 6.42 Å². The summed E-state index contributed by atoms with van der Waals surface area (Å²) in [6.45, 7) is 6.04. The molecule has 0 unspecified atom stereocenters. The molecular weight excluding hydrogens is 232 g/mol. The third kappa shape index (κ3) is 3.31. The van der Waals surface area contributed by atoms with Gasteiger partial charge in [-0.15, -0.1) is 10.2 Å². The van der Waals surface area contributed by atoms with Crippen LogP contribution >= 0.6 is 11.3 Å². The molecule has 2 rings (SSSR count). The summed E-state index contributed by atoms with van der Waals surface area (Å²) in [5.74, 6) is 0. The molecule has 0 spiro atoms. The molecule has 0 aliphatic heterocycles. The fraction of sp³-hybridized carbons (Fsp3) is 0.417. The Labute approximate surface area is 105 Å². The molecule has 17 heavy (non-hydrogen) atoms. The van der Waals surface area contributed by atoms with Gasteiger partial charge < -0.3 is 5.32 Å². The van der Waals surface area contributed by atoms with Crippen molar-refractivity contribution in [2.45, 2.75) is 20.3 Å². The van der Waals surface area contributed by atoms with E-state index < -0.39 is 0 Å². The van der Waals surface area contributed by atoms with Crippen LogP contribution in [0.1, 0.15) is 17.6 Å². The highest BCUT2D eigenvalue weighted by molar-refractivity contribution is 7.14. The summed E-state index contributed by atoms with van der Waals surface area (Å²) in [5, 5.41) is 13.8. The first-order valence-corrected chi connectivity index (χ1v) is 6.57. The topological polar surface area (TPSA) is 50.7 Å². The van der Waals surface area contributed by atoms with E-state index in [0.29, 0.717) is 0 Å². The van der Waals surface area contributed by atoms with Crippen molar-refractivity contribution in [2.75, 3.05) is 13.1 Å². The molecule has 0 fully saturated rings. The Morgan fingerprint density at radius 3 is 3.00 bits per heavy atom. The van der Waals surface area contributed by atoms with Crippen LogP contribution in [0.15, 0.2) is 18.3 Å². The van der Waals surface area contributed by atoms with Gasteiger partial charge >= 0.3 is 0 Å². The van der Waals surface area contributed by atoms with Gasteiger partial charge in [-0.1, -0.05) is 18.3 Å². The van der Waals surface area contributed by atoms with Gasteiger partial charge in [0.15, 0.2) is 0 Å². The predicted molar refractivity (Wildman–Crippen MR) is 70.1 cm³/mol. The molecule has 2 heterocycles. The summed E-state index contributed by atoms with van der Waals surface area (Å²) in [6.07, 6.45) is 2.75. The molecule has 0 amide bonds. The molecule has 0 aliphatic rings. The molecule has 0 aliphatic carbocycles. The zero-order valence-corrected chi connectivity index (χ0v) is 10.9. The summed E-state index contributed by atoms with van der Waals surface area (Å²) >= 11 is 1.66. The van der Waals surface area contributed by atoms with Crippen LogP contribution in [-0.4, -0.2) is 28.3 Å². The van der Waals surface area contributed by atoms with E-state index in [-0.39, 0.29) is 0 Å². The van der Waals surface area contributed by atoms with Gasteiger partial charge in [0.2, 0.25) is 0 Å². The number of nitrogens with zero attached hydrogens (tertiary/aromatic N) is 3. The highest BCUT2D eigenvalue weighted by Gasteiger charge is 2.06. The van der Waals surface area contributed by atoms with Crippen LogP contribution in [0.5, 0.6) is 0 Å². The Balaban J connectivity index is 2.07. The minimum absolute atomic E-state index is 0.940. The highest BCUT2D eigenvalue weighted by Crippen LogP contribution is 2.23. The van der Waals surface area contributed by atoms with E-state index in [9.17, 15) is 0 Å². The number of pyridine rings is 1. The molecule has 2 aromatic rings. The van der Waals surface area contributed by atoms with Crippen LogP contribution < -0.4 is 5.32 Å². The lowest BCUT2D eigenvalue weighted by Gasteiger charge is -1.96. The summed E-state index contributed by atoms with van der Waals surface area (Å²) in [7, 11) is 0. The molecule has 0 bridgehead atoms. The standard InChI is InChI=1S/C12H16N4S/c1-3-13-6-5-11-15-16-12(17-11)10-4-7-14-9(2)8-10/h4,7-8,13H,3,5-6H2,1-2H3. The smallest absolute Gasteiger partial charge is 0.147 e. The van der Waals surface area contributed by atoms with Crippen LogP contribution in [0.25, 0.3) is 10.6 Å². The molecule has 5 heteroatoms. The lowest BCUT2D eigenvalue weighted by Crippen LogP contribution is -2.15. The molecule has 1 N–H and O–H groups in total. The fourth-order valence-electron chi connectivity index (χ4n) is 1.52. The number of aryl methyl sites for hydroxylation is 1. The average Bonchev–Trinajstić information content (AvgIpc) is 2.78. The number of hydrogen-bond acceptors (Lipinski definition) is 5. The van der Waals surface area contributed by atoms with Crippen LogP contribution in [0.3, 0.4) is 0 Å². The van der Waals surface area contributed by atoms with Gasteiger partial charge in [0.1, 0.15) is 10.0 Å². The minimum atomic E-state index is 0.940. The predicted octanol–water partition coefficient (Wildman–Crippen LogP) is 2.06. The zero-order chi connectivity index (χ0) is 12.1. The van der Waals surface area contributed by atoms with Crippen molar-refractivity contribution in [3.8, 4) is 10.6 Å². The second kappa shape index (κ2) is 5.84. The molecule has 0 saturated heterocycles. The Kier molecular flexibility index (Phi) is 4.17. The van der Waals surface area contributed by atoms with Crippen molar-refractivity contribution >= 4 is 11.3 Å². The normalized spacial score (nSPS) is 10.7. The minimum Gasteiger partial charge on any atom is -0.317 e. The molecule has 0 radical (unpaired) electrons. The Morgan fingerprint density at radius 2 is 2.24 bits per heavy atom. The van der Waals surface area contributed by atoms with Crippen molar-refractivity contribution < 1.29 is 0 Å². The number of rotatable bonds is 5. The largest absolute Gasteiger partial charge is 0.317 e. The number of nitrogens with one attached hydrogen (secondary N) is 1. The molecule has 0 atom stereocenters. The van der Waals surface area contributed by atoms with Gasteiger partial charge in [0, 0.05) is 30.4 Å². The van der Waals surface area contributed by atoms with E-state index in [1.165, 1.54) is 0 Å². The van der Waals surface area contributed by atoms with Gasteiger partial charge in [-0.25, -0.2) is 0 Å². The van der Waals surface area contributed by atoms with Crippen molar-refractivity contribution in [1.82, 2.24) is 20.5 Å². The van der Waals surface area contributed by atoms with Gasteiger partial charge in [-0.3, -0.25) is 4.98 Å². The second-order valence-electron chi connectivity index (χ2n) is 3.79. The van der Waals surface area contributed by atoms with Crippen molar-refractivity contribution in [2.24, 2.45) is 0 Å². The van der Waals surface area contributed by atoms with Crippen molar-refractivity contribution in [3.05, 3.63) is 29.0 Å². The van der Waals surface area contributed by atoms with Crippen LogP contribution in [0, 0.1) is 6.92 Å². The maximum absolute atomic E-state index is 4.22. The van der Waals surface area contributed by atoms with Gasteiger partial charge in [-0.2, -0.15) is 0 Å². The van der Waals surface area contributed by atoms with E-state index in [2.05, 4.69) is 27.4 Å². The van der Waals surface area contributed by atoms with Gasteiger partial charge in [0.25, 0.3) is 0 Å². The average molecular weight is 248 g/mol. The van der Waals surface area contributed by atoms with E-state index in [1.807, 2.05) is 25.3 Å². The maximum Gasteiger partial charge on any atom is 0.147 e. The maximum atomic E-state index is 4.22. The molecule has 0 aromatic carbocycles. The monoisotopic (exact) mass is 248 g/mol. The first kappa shape index (κ1) is 12.1. The zero-order valence-electron chi connectivity index (χ0n) is 10.1. The van der Waals surface area contributed by atoms with E-state index >= 15 is 0 Å². The Morgan fingerprint density at radius 1 is 1.35 bits per heavy atom. The van der Waals surface area contributed by atoms with E-state index in [4.69, 9.17) is 0 Å². The fourth-order valence-corrected chi connectivity index (χ4v) is 2.36. The summed E-state index contributed by atoms with van der Waals surface area (Å²) in [4.78, 5) is 4.18. The third-order valence-corrected chi connectivity index (χ3v) is 3.41. The second-order valence-corrected chi connectivity index (χ2v) is 4.85. The summed E-state index contributed by atoms with van der Waals surface area (Å²) < 4.78 is 0.